The summed E-state index contributed by atoms with van der Waals surface area (Å²) >= 11 is 1.40. The van der Waals surface area contributed by atoms with Gasteiger partial charge in [-0.1, -0.05) is 13.8 Å². The van der Waals surface area contributed by atoms with E-state index in [0.717, 1.165) is 5.75 Å². The number of hydrogen-bond donors (Lipinski definition) is 1. The SMILES string of the molecule is COC(=O)c1c(SCC(C)C)nc(=O)[nH]c1C. The van der Waals surface area contributed by atoms with Crippen molar-refractivity contribution in [2.24, 2.45) is 5.92 Å². The fourth-order valence-corrected chi connectivity index (χ4v) is 2.27. The molecule has 0 spiro atoms. The standard InChI is InChI=1S/C11H16N2O3S/c1-6(2)5-17-9-8(10(14)16-4)7(3)12-11(15)13-9/h6H,5H2,1-4H3,(H,12,13,15). The molecule has 0 unspecified atom stereocenters. The van der Waals surface area contributed by atoms with E-state index in [1.165, 1.54) is 18.9 Å². The van der Waals surface area contributed by atoms with Crippen molar-refractivity contribution in [3.63, 3.8) is 0 Å². The predicted molar refractivity (Wildman–Crippen MR) is 66.5 cm³/mol. The van der Waals surface area contributed by atoms with Crippen LogP contribution in [0.5, 0.6) is 0 Å². The number of carbonyl (C=O) groups excluding carboxylic acids is 1. The van der Waals surface area contributed by atoms with E-state index >= 15 is 0 Å². The van der Waals surface area contributed by atoms with Gasteiger partial charge in [0.25, 0.3) is 0 Å². The number of aryl methyl sites for hydroxylation is 1. The lowest BCUT2D eigenvalue weighted by Gasteiger charge is -2.09. The van der Waals surface area contributed by atoms with Crippen LogP contribution in [0, 0.1) is 12.8 Å². The molecule has 5 nitrogen and oxygen atoms in total. The molecule has 0 aliphatic carbocycles. The zero-order valence-corrected chi connectivity index (χ0v) is 11.2. The highest BCUT2D eigenvalue weighted by atomic mass is 32.2. The number of methoxy groups -OCH3 is 1. The first-order valence-electron chi connectivity index (χ1n) is 5.27. The average Bonchev–Trinajstić information content (AvgIpc) is 2.24. The third-order valence-electron chi connectivity index (χ3n) is 2.03. The number of nitrogens with one attached hydrogen (secondary N) is 1. The second-order valence-electron chi connectivity index (χ2n) is 4.04. The number of hydrogen-bond acceptors (Lipinski definition) is 5. The third-order valence-corrected chi connectivity index (χ3v) is 3.43. The van der Waals surface area contributed by atoms with E-state index in [-0.39, 0.29) is 0 Å². The molecular weight excluding hydrogens is 240 g/mol. The van der Waals surface area contributed by atoms with E-state index in [0.29, 0.717) is 22.2 Å². The minimum Gasteiger partial charge on any atom is -0.465 e. The summed E-state index contributed by atoms with van der Waals surface area (Å²) in [7, 11) is 1.31. The largest absolute Gasteiger partial charge is 0.465 e. The van der Waals surface area contributed by atoms with Crippen LogP contribution in [0.2, 0.25) is 0 Å². The maximum absolute atomic E-state index is 11.6. The zero-order chi connectivity index (χ0) is 13.0. The molecule has 1 aromatic rings. The molecule has 0 radical (unpaired) electrons. The Bertz CT molecular complexity index is 468. The van der Waals surface area contributed by atoms with Gasteiger partial charge in [-0.05, 0) is 12.8 Å². The molecule has 1 heterocycles. The Labute approximate surface area is 104 Å². The van der Waals surface area contributed by atoms with Crippen molar-refractivity contribution in [2.45, 2.75) is 25.8 Å². The molecule has 1 N–H and O–H groups in total. The van der Waals surface area contributed by atoms with Gasteiger partial charge in [-0.2, -0.15) is 4.98 Å². The minimum absolute atomic E-state index is 0.345. The second kappa shape index (κ2) is 5.86. The Balaban J connectivity index is 3.16. The Morgan fingerprint density at radius 3 is 2.71 bits per heavy atom. The van der Waals surface area contributed by atoms with Crippen LogP contribution in [-0.4, -0.2) is 28.8 Å². The summed E-state index contributed by atoms with van der Waals surface area (Å²) in [6, 6.07) is 0. The molecule has 0 fully saturated rings. The number of H-pyrrole nitrogens is 1. The van der Waals surface area contributed by atoms with E-state index in [4.69, 9.17) is 4.74 Å². The van der Waals surface area contributed by atoms with Crippen LogP contribution in [0.3, 0.4) is 0 Å². The predicted octanol–water partition coefficient (Wildman–Crippen LogP) is 1.61. The summed E-state index contributed by atoms with van der Waals surface area (Å²) in [5, 5.41) is 0.437. The van der Waals surface area contributed by atoms with E-state index in [1.54, 1.807) is 6.92 Å². The molecular formula is C11H16N2O3S. The van der Waals surface area contributed by atoms with Gasteiger partial charge in [0.15, 0.2) is 0 Å². The molecule has 0 amide bonds. The first kappa shape index (κ1) is 13.8. The highest BCUT2D eigenvalue weighted by Gasteiger charge is 2.18. The maximum Gasteiger partial charge on any atom is 0.346 e. The molecule has 0 atom stereocenters. The van der Waals surface area contributed by atoms with Crippen molar-refractivity contribution < 1.29 is 9.53 Å². The van der Waals surface area contributed by atoms with Gasteiger partial charge in [0.05, 0.1) is 7.11 Å². The summed E-state index contributed by atoms with van der Waals surface area (Å²) in [5.74, 6) is 0.768. The van der Waals surface area contributed by atoms with Crippen molar-refractivity contribution in [3.05, 3.63) is 21.7 Å². The van der Waals surface area contributed by atoms with E-state index < -0.39 is 11.7 Å². The molecule has 0 aromatic carbocycles. The van der Waals surface area contributed by atoms with Crippen molar-refractivity contribution in [2.75, 3.05) is 12.9 Å². The fraction of sp³-hybridized carbons (Fsp3) is 0.545. The Kier molecular flexibility index (Phi) is 4.74. The summed E-state index contributed by atoms with van der Waals surface area (Å²) in [6.07, 6.45) is 0. The highest BCUT2D eigenvalue weighted by Crippen LogP contribution is 2.23. The van der Waals surface area contributed by atoms with Gasteiger partial charge < -0.3 is 9.72 Å². The minimum atomic E-state index is -0.475. The molecule has 0 bridgehead atoms. The van der Waals surface area contributed by atoms with Gasteiger partial charge in [0, 0.05) is 11.4 Å². The Morgan fingerprint density at radius 1 is 1.53 bits per heavy atom. The van der Waals surface area contributed by atoms with Crippen molar-refractivity contribution in [3.8, 4) is 0 Å². The average molecular weight is 256 g/mol. The lowest BCUT2D eigenvalue weighted by molar-refractivity contribution is 0.0594. The smallest absolute Gasteiger partial charge is 0.346 e. The van der Waals surface area contributed by atoms with Crippen LogP contribution in [0.25, 0.3) is 0 Å². The highest BCUT2D eigenvalue weighted by molar-refractivity contribution is 7.99. The van der Waals surface area contributed by atoms with Crippen molar-refractivity contribution in [1.29, 1.82) is 0 Å². The molecule has 1 rings (SSSR count). The van der Waals surface area contributed by atoms with Crippen LogP contribution >= 0.6 is 11.8 Å². The lowest BCUT2D eigenvalue weighted by atomic mass is 10.2. The van der Waals surface area contributed by atoms with Crippen LogP contribution in [0.15, 0.2) is 9.82 Å². The number of aromatic amines is 1. The maximum atomic E-state index is 11.6. The summed E-state index contributed by atoms with van der Waals surface area (Å²) in [5.41, 5.74) is 0.391. The Hall–Kier alpha value is -1.30. The monoisotopic (exact) mass is 256 g/mol. The van der Waals surface area contributed by atoms with Crippen molar-refractivity contribution >= 4 is 17.7 Å². The van der Waals surface area contributed by atoms with Gasteiger partial charge in [0.1, 0.15) is 10.6 Å². The molecule has 0 saturated carbocycles. The van der Waals surface area contributed by atoms with Gasteiger partial charge >= 0.3 is 11.7 Å². The quantitative estimate of drug-likeness (QED) is 0.503. The fourth-order valence-electron chi connectivity index (χ4n) is 1.25. The number of carbonyl (C=O) groups is 1. The molecule has 0 aliphatic heterocycles. The van der Waals surface area contributed by atoms with Crippen LogP contribution in [-0.2, 0) is 4.74 Å². The van der Waals surface area contributed by atoms with Gasteiger partial charge in [-0.25, -0.2) is 9.59 Å². The molecule has 0 aliphatic rings. The van der Waals surface area contributed by atoms with Gasteiger partial charge in [-0.3, -0.25) is 0 Å². The molecule has 6 heteroatoms. The number of esters is 1. The first-order chi connectivity index (χ1) is 7.95. The van der Waals surface area contributed by atoms with Crippen LogP contribution in [0.4, 0.5) is 0 Å². The number of thioether (sulfide) groups is 1. The number of rotatable bonds is 4. The molecule has 0 saturated heterocycles. The van der Waals surface area contributed by atoms with Crippen LogP contribution in [0.1, 0.15) is 29.9 Å². The summed E-state index contributed by atoms with van der Waals surface area (Å²) in [4.78, 5) is 29.2. The van der Waals surface area contributed by atoms with Gasteiger partial charge in [-0.15, -0.1) is 11.8 Å². The topological polar surface area (TPSA) is 72.0 Å². The van der Waals surface area contributed by atoms with Crippen molar-refractivity contribution in [1.82, 2.24) is 9.97 Å². The number of nitrogens with zero attached hydrogens (tertiary/aromatic N) is 1. The first-order valence-corrected chi connectivity index (χ1v) is 6.26. The second-order valence-corrected chi connectivity index (χ2v) is 5.05. The summed E-state index contributed by atoms with van der Waals surface area (Å²) < 4.78 is 4.69. The van der Waals surface area contributed by atoms with E-state index in [9.17, 15) is 9.59 Å². The number of ether oxygens (including phenoxy) is 1. The lowest BCUT2D eigenvalue weighted by Crippen LogP contribution is -2.19. The zero-order valence-electron chi connectivity index (χ0n) is 10.4. The third kappa shape index (κ3) is 3.59. The molecule has 94 valence electrons. The van der Waals surface area contributed by atoms with Gasteiger partial charge in [0.2, 0.25) is 0 Å². The Morgan fingerprint density at radius 2 is 2.18 bits per heavy atom. The normalized spacial score (nSPS) is 10.6. The summed E-state index contributed by atoms with van der Waals surface area (Å²) in [6.45, 7) is 5.78. The molecule has 1 aromatic heterocycles. The molecule has 17 heavy (non-hydrogen) atoms. The van der Waals surface area contributed by atoms with E-state index in [1.807, 2.05) is 0 Å². The number of aromatic nitrogens is 2. The van der Waals surface area contributed by atoms with Crippen LogP contribution < -0.4 is 5.69 Å². The van der Waals surface area contributed by atoms with E-state index in [2.05, 4.69) is 23.8 Å².